The van der Waals surface area contributed by atoms with Gasteiger partial charge in [0.2, 0.25) is 6.29 Å². The van der Waals surface area contributed by atoms with Gasteiger partial charge in [-0.25, -0.2) is 0 Å². The normalized spacial score (nSPS) is 24.1. The molecule has 3 N–H and O–H groups in total. The first-order chi connectivity index (χ1) is 32.9. The minimum absolute atomic E-state index is 0.198. The standard InChI is InChI=1S/C32H42O6.C26H38O5/c1-20(25-14-10-23(11-15-25)18-27-6-4-8-29(27)33)31(35)37-22(3)38-32(36)21(2)26-16-12-24(13-17-26)19-28-7-5-9-30(28)34;1-18(21-14-12-20(13-15-21)16-22-10-7-11-23(22)27)25(29)31-26(2,3)30-24(28)17-19-8-5-4-6-9-19/h10-17,20-22,27-30,33-34H,4-9,18-19H2,1-3H3;12-15,18-19,22-23,27H,4-11,16-17H2,1-3H3/t20-,21-,27+,28+,29-,30-;18-,22+,23-/m00/s1. The minimum Gasteiger partial charge on any atom is -0.425 e. The maximum atomic E-state index is 12.7. The molecule has 0 radical (unpaired) electrons. The quantitative estimate of drug-likeness (QED) is 0.0820. The first-order valence-corrected chi connectivity index (χ1v) is 26.1. The Labute approximate surface area is 411 Å². The maximum Gasteiger partial charge on any atom is 0.316 e. The third-order valence-corrected chi connectivity index (χ3v) is 15.3. The summed E-state index contributed by atoms with van der Waals surface area (Å²) in [7, 11) is 0. The van der Waals surface area contributed by atoms with Crippen molar-refractivity contribution in [3.8, 4) is 0 Å². The van der Waals surface area contributed by atoms with E-state index in [1.165, 1.54) is 24.8 Å². The van der Waals surface area contributed by atoms with Crippen LogP contribution in [0, 0.1) is 23.7 Å². The Morgan fingerprint density at radius 2 is 0.826 bits per heavy atom. The number of benzene rings is 3. The summed E-state index contributed by atoms with van der Waals surface area (Å²) >= 11 is 0. The van der Waals surface area contributed by atoms with Crippen molar-refractivity contribution in [2.45, 2.75) is 205 Å². The van der Waals surface area contributed by atoms with Crippen molar-refractivity contribution >= 4 is 23.9 Å². The second-order valence-electron chi connectivity index (χ2n) is 21.2. The predicted molar refractivity (Wildman–Crippen MR) is 265 cm³/mol. The molecule has 0 aromatic heterocycles. The van der Waals surface area contributed by atoms with Crippen LogP contribution in [0.3, 0.4) is 0 Å². The summed E-state index contributed by atoms with van der Waals surface area (Å²) in [4.78, 5) is 50.5. The van der Waals surface area contributed by atoms with Gasteiger partial charge in [0.1, 0.15) is 0 Å². The number of rotatable bonds is 18. The number of esters is 4. The Bertz CT molecular complexity index is 2010. The lowest BCUT2D eigenvalue weighted by atomic mass is 9.87. The van der Waals surface area contributed by atoms with E-state index in [2.05, 4.69) is 0 Å². The molecule has 7 rings (SSSR count). The Kier molecular flexibility index (Phi) is 19.9. The number of carbonyl (C=O) groups is 4. The summed E-state index contributed by atoms with van der Waals surface area (Å²) < 4.78 is 21.9. The van der Waals surface area contributed by atoms with Crippen LogP contribution in [0.5, 0.6) is 0 Å². The lowest BCUT2D eigenvalue weighted by molar-refractivity contribution is -0.218. The molecule has 0 amide bonds. The van der Waals surface area contributed by atoms with Crippen LogP contribution in [0.2, 0.25) is 0 Å². The molecule has 4 aliphatic carbocycles. The molecule has 0 aliphatic heterocycles. The molecule has 3 aromatic carbocycles. The van der Waals surface area contributed by atoms with Gasteiger partial charge in [-0.05, 0) is 148 Å². The van der Waals surface area contributed by atoms with Crippen LogP contribution in [-0.4, -0.2) is 69.6 Å². The molecule has 11 heteroatoms. The van der Waals surface area contributed by atoms with E-state index in [1.54, 1.807) is 41.5 Å². The van der Waals surface area contributed by atoms with Gasteiger partial charge in [-0.2, -0.15) is 0 Å². The van der Waals surface area contributed by atoms with E-state index in [4.69, 9.17) is 18.9 Å². The van der Waals surface area contributed by atoms with Gasteiger partial charge in [0.15, 0.2) is 0 Å². The third kappa shape index (κ3) is 16.2. The van der Waals surface area contributed by atoms with Crippen LogP contribution in [0.4, 0.5) is 0 Å². The minimum atomic E-state index is -1.28. The van der Waals surface area contributed by atoms with Gasteiger partial charge in [0.05, 0.1) is 36.1 Å². The number of ether oxygens (including phenoxy) is 4. The monoisotopic (exact) mass is 953 g/mol. The first-order valence-electron chi connectivity index (χ1n) is 26.1. The summed E-state index contributed by atoms with van der Waals surface area (Å²) in [5.41, 5.74) is 6.02. The van der Waals surface area contributed by atoms with E-state index in [0.29, 0.717) is 30.1 Å². The van der Waals surface area contributed by atoms with Crippen molar-refractivity contribution in [1.82, 2.24) is 0 Å². The zero-order valence-corrected chi connectivity index (χ0v) is 42.1. The molecule has 0 unspecified atom stereocenters. The highest BCUT2D eigenvalue weighted by Gasteiger charge is 2.33. The summed E-state index contributed by atoms with van der Waals surface area (Å²) in [6.07, 6.45) is 16.1. The number of carbonyl (C=O) groups excluding carboxylic acids is 4. The van der Waals surface area contributed by atoms with E-state index >= 15 is 0 Å². The predicted octanol–water partition coefficient (Wildman–Crippen LogP) is 10.7. The van der Waals surface area contributed by atoms with Gasteiger partial charge in [0, 0.05) is 27.2 Å². The fourth-order valence-corrected chi connectivity index (χ4v) is 10.8. The molecule has 4 saturated carbocycles. The van der Waals surface area contributed by atoms with E-state index in [1.807, 2.05) is 72.8 Å². The lowest BCUT2D eigenvalue weighted by Gasteiger charge is -2.28. The number of aliphatic hydroxyl groups excluding tert-OH is 3. The van der Waals surface area contributed by atoms with E-state index in [0.717, 1.165) is 118 Å². The van der Waals surface area contributed by atoms with Crippen molar-refractivity contribution in [3.63, 3.8) is 0 Å². The molecule has 3 aromatic rings. The highest BCUT2D eigenvalue weighted by Crippen LogP contribution is 2.33. The van der Waals surface area contributed by atoms with Gasteiger partial charge in [0.25, 0.3) is 5.79 Å². The van der Waals surface area contributed by atoms with E-state index < -0.39 is 47.7 Å². The third-order valence-electron chi connectivity index (χ3n) is 15.3. The summed E-state index contributed by atoms with van der Waals surface area (Å²) in [5.74, 6) is -2.99. The average molecular weight is 953 g/mol. The van der Waals surface area contributed by atoms with Crippen LogP contribution in [0.1, 0.15) is 189 Å². The molecule has 11 nitrogen and oxygen atoms in total. The lowest BCUT2D eigenvalue weighted by Crippen LogP contribution is -2.35. The number of aliphatic hydroxyl groups is 3. The summed E-state index contributed by atoms with van der Waals surface area (Å²) in [6, 6.07) is 23.7. The zero-order valence-electron chi connectivity index (χ0n) is 42.1. The smallest absolute Gasteiger partial charge is 0.316 e. The van der Waals surface area contributed by atoms with Gasteiger partial charge in [-0.1, -0.05) is 111 Å². The molecular formula is C58H80O11. The SMILES string of the molecule is CC(OC(=O)[C@@H](C)c1ccc(C[C@H]2CCC[C@@H]2O)cc1)OC(=O)[C@@H](C)c1ccc(C[C@H]2CCC[C@@H]2O)cc1.C[C@H](C(=O)OC(C)(C)OC(=O)CC1CCCCC1)c1ccc(C[C@H]2CCC[C@@H]2O)cc1. The van der Waals surface area contributed by atoms with Crippen LogP contribution in [-0.2, 0) is 57.4 Å². The second kappa shape index (κ2) is 25.5. The molecule has 0 bridgehead atoms. The van der Waals surface area contributed by atoms with E-state index in [9.17, 15) is 34.5 Å². The summed E-state index contributed by atoms with van der Waals surface area (Å²) in [6.45, 7) is 10.2. The van der Waals surface area contributed by atoms with Crippen LogP contribution < -0.4 is 0 Å². The molecule has 0 spiro atoms. The second-order valence-corrected chi connectivity index (χ2v) is 21.2. The molecular weight excluding hydrogens is 873 g/mol. The van der Waals surface area contributed by atoms with Gasteiger partial charge >= 0.3 is 23.9 Å². The Hall–Kier alpha value is -4.58. The molecule has 4 fully saturated rings. The van der Waals surface area contributed by atoms with Gasteiger partial charge in [-0.3, -0.25) is 19.2 Å². The van der Waals surface area contributed by atoms with Crippen molar-refractivity contribution in [2.24, 2.45) is 23.7 Å². The van der Waals surface area contributed by atoms with Crippen molar-refractivity contribution < 1.29 is 53.4 Å². The Morgan fingerprint density at radius 3 is 1.16 bits per heavy atom. The fourth-order valence-electron chi connectivity index (χ4n) is 10.8. The average Bonchev–Trinajstić information content (AvgIpc) is 4.06. The fraction of sp³-hybridized carbons (Fsp3) is 0.621. The highest BCUT2D eigenvalue weighted by atomic mass is 16.7. The molecule has 0 saturated heterocycles. The zero-order chi connectivity index (χ0) is 49.7. The largest absolute Gasteiger partial charge is 0.425 e. The first kappa shape index (κ1) is 53.8. The number of hydrogen-bond acceptors (Lipinski definition) is 11. The molecule has 4 aliphatic rings. The van der Waals surface area contributed by atoms with Crippen LogP contribution in [0.25, 0.3) is 0 Å². The maximum absolute atomic E-state index is 12.7. The van der Waals surface area contributed by atoms with Gasteiger partial charge < -0.3 is 34.3 Å². The molecule has 69 heavy (non-hydrogen) atoms. The topological polar surface area (TPSA) is 166 Å². The van der Waals surface area contributed by atoms with Crippen LogP contribution >= 0.6 is 0 Å². The Balaban J connectivity index is 0.000000232. The molecule has 0 heterocycles. The van der Waals surface area contributed by atoms with Gasteiger partial charge in [-0.15, -0.1) is 0 Å². The Morgan fingerprint density at radius 1 is 0.478 bits per heavy atom. The van der Waals surface area contributed by atoms with E-state index in [-0.39, 0.29) is 24.3 Å². The highest BCUT2D eigenvalue weighted by molar-refractivity contribution is 5.80. The molecule has 9 atom stereocenters. The van der Waals surface area contributed by atoms with Crippen molar-refractivity contribution in [3.05, 3.63) is 106 Å². The van der Waals surface area contributed by atoms with Crippen LogP contribution in [0.15, 0.2) is 72.8 Å². The van der Waals surface area contributed by atoms with Crippen molar-refractivity contribution in [1.29, 1.82) is 0 Å². The van der Waals surface area contributed by atoms with Crippen molar-refractivity contribution in [2.75, 3.05) is 0 Å². The summed E-state index contributed by atoms with van der Waals surface area (Å²) in [5, 5.41) is 30.2. The number of hydrogen-bond donors (Lipinski definition) is 3. The molecule has 378 valence electrons.